The minimum absolute atomic E-state index is 0.000160. The summed E-state index contributed by atoms with van der Waals surface area (Å²) in [7, 11) is 0.776. The monoisotopic (exact) mass is 542 g/mol. The predicted molar refractivity (Wildman–Crippen MR) is 146 cm³/mol. The molecule has 0 saturated heterocycles. The van der Waals surface area contributed by atoms with Crippen molar-refractivity contribution in [2.45, 2.75) is 13.5 Å². The van der Waals surface area contributed by atoms with E-state index in [1.54, 1.807) is 41.2 Å². The van der Waals surface area contributed by atoms with Crippen LogP contribution in [0.5, 0.6) is 0 Å². The molecule has 0 amide bonds. The molecule has 3 aromatic heterocycles. The van der Waals surface area contributed by atoms with Crippen LogP contribution in [0.25, 0.3) is 22.6 Å². The van der Waals surface area contributed by atoms with Crippen molar-refractivity contribution >= 4 is 38.6 Å². The molecule has 0 aliphatic rings. The quantitative estimate of drug-likeness (QED) is 0.305. The number of benzene rings is 1. The Hall–Kier alpha value is -3.88. The number of anilines is 3. The molecule has 0 aliphatic carbocycles. The molecule has 12 nitrogen and oxygen atoms in total. The minimum Gasteiger partial charge on any atom is -0.382 e. The van der Waals surface area contributed by atoms with Crippen LogP contribution in [-0.2, 0) is 16.8 Å². The van der Waals surface area contributed by atoms with E-state index in [1.807, 2.05) is 18.9 Å². The number of hydrogen-bond acceptors (Lipinski definition) is 9. The predicted octanol–water partition coefficient (Wildman–Crippen LogP) is 1.80. The van der Waals surface area contributed by atoms with Crippen molar-refractivity contribution in [1.29, 1.82) is 0 Å². The Balaban J connectivity index is 1.80. The van der Waals surface area contributed by atoms with Crippen LogP contribution in [-0.4, -0.2) is 83.1 Å². The number of halogens is 1. The van der Waals surface area contributed by atoms with Gasteiger partial charge in [-0.2, -0.15) is 17.8 Å². The maximum atomic E-state index is 14.3. The Morgan fingerprint density at radius 3 is 2.32 bits per heavy atom. The van der Waals surface area contributed by atoms with Crippen LogP contribution >= 0.6 is 0 Å². The van der Waals surface area contributed by atoms with Crippen molar-refractivity contribution in [2.75, 3.05) is 56.5 Å². The first-order valence-corrected chi connectivity index (χ1v) is 13.3. The largest absolute Gasteiger partial charge is 0.382 e. The molecular formula is C24H31FN10O2S. The number of nitrogens with zero attached hydrogens (tertiary/aromatic N) is 8. The van der Waals surface area contributed by atoms with Gasteiger partial charge in [-0.1, -0.05) is 25.1 Å². The van der Waals surface area contributed by atoms with Gasteiger partial charge in [0.1, 0.15) is 17.2 Å². The van der Waals surface area contributed by atoms with Crippen molar-refractivity contribution in [3.8, 4) is 11.5 Å². The van der Waals surface area contributed by atoms with Crippen LogP contribution < -0.4 is 15.8 Å². The van der Waals surface area contributed by atoms with Crippen LogP contribution in [0.15, 0.2) is 42.6 Å². The SMILES string of the molecule is CCN(C)CCN(c1c(N)nc(-c2nn(Cc3ccccc3F)c3ncccc23)nc1N)S(=O)(=O)N(C)C. The molecule has 3 heterocycles. The molecule has 14 heteroatoms. The summed E-state index contributed by atoms with van der Waals surface area (Å²) >= 11 is 0. The van der Waals surface area contributed by atoms with Gasteiger partial charge in [0.25, 0.3) is 0 Å². The molecule has 1 aromatic carbocycles. The molecule has 4 aromatic rings. The fraction of sp³-hybridized carbons (Fsp3) is 0.333. The van der Waals surface area contributed by atoms with E-state index in [1.165, 1.54) is 20.2 Å². The van der Waals surface area contributed by atoms with Gasteiger partial charge in [-0.05, 0) is 31.8 Å². The third-order valence-electron chi connectivity index (χ3n) is 6.15. The fourth-order valence-electron chi connectivity index (χ4n) is 3.88. The molecule has 0 spiro atoms. The van der Waals surface area contributed by atoms with E-state index in [2.05, 4.69) is 20.1 Å². The van der Waals surface area contributed by atoms with Gasteiger partial charge in [-0.15, -0.1) is 0 Å². The topological polar surface area (TPSA) is 152 Å². The Morgan fingerprint density at radius 1 is 1.00 bits per heavy atom. The highest BCUT2D eigenvalue weighted by atomic mass is 32.2. The van der Waals surface area contributed by atoms with E-state index in [-0.39, 0.29) is 42.1 Å². The number of rotatable bonds is 10. The Kier molecular flexibility index (Phi) is 7.76. The maximum Gasteiger partial charge on any atom is 0.303 e. The molecule has 4 N–H and O–H groups in total. The molecule has 0 fully saturated rings. The average Bonchev–Trinajstić information content (AvgIpc) is 3.24. The summed E-state index contributed by atoms with van der Waals surface area (Å²) < 4.78 is 44.5. The third kappa shape index (κ3) is 5.23. The van der Waals surface area contributed by atoms with E-state index in [4.69, 9.17) is 11.5 Å². The average molecular weight is 543 g/mol. The lowest BCUT2D eigenvalue weighted by Gasteiger charge is -2.30. The lowest BCUT2D eigenvalue weighted by atomic mass is 10.2. The van der Waals surface area contributed by atoms with Crippen LogP contribution in [0.3, 0.4) is 0 Å². The number of aromatic nitrogens is 5. The molecule has 0 atom stereocenters. The Labute approximate surface area is 220 Å². The van der Waals surface area contributed by atoms with Crippen LogP contribution in [0.1, 0.15) is 12.5 Å². The van der Waals surface area contributed by atoms with Crippen molar-refractivity contribution in [2.24, 2.45) is 0 Å². The number of likely N-dealkylation sites (N-methyl/N-ethyl adjacent to an activating group) is 1. The second kappa shape index (κ2) is 10.8. The van der Waals surface area contributed by atoms with Gasteiger partial charge < -0.3 is 16.4 Å². The van der Waals surface area contributed by atoms with Crippen LogP contribution in [0.2, 0.25) is 0 Å². The summed E-state index contributed by atoms with van der Waals surface area (Å²) in [6.45, 7) is 3.35. The van der Waals surface area contributed by atoms with Gasteiger partial charge in [0.2, 0.25) is 0 Å². The number of hydrogen-bond donors (Lipinski definition) is 2. The summed E-state index contributed by atoms with van der Waals surface area (Å²) in [4.78, 5) is 15.2. The van der Waals surface area contributed by atoms with Crippen LogP contribution in [0, 0.1) is 5.82 Å². The molecule has 0 bridgehead atoms. The van der Waals surface area contributed by atoms with Gasteiger partial charge in [0.15, 0.2) is 23.1 Å². The fourth-order valence-corrected chi connectivity index (χ4v) is 5.01. The van der Waals surface area contributed by atoms with E-state index < -0.39 is 10.2 Å². The molecule has 0 saturated carbocycles. The highest BCUT2D eigenvalue weighted by molar-refractivity contribution is 7.90. The first-order valence-electron chi connectivity index (χ1n) is 11.9. The summed E-state index contributed by atoms with van der Waals surface area (Å²) in [6.07, 6.45) is 1.61. The zero-order valence-corrected chi connectivity index (χ0v) is 22.5. The van der Waals surface area contributed by atoms with Gasteiger partial charge >= 0.3 is 10.2 Å². The molecule has 0 radical (unpaired) electrons. The number of nitrogen functional groups attached to an aromatic ring is 2. The second-order valence-corrected chi connectivity index (χ2v) is 11.0. The lowest BCUT2D eigenvalue weighted by Crippen LogP contribution is -2.44. The Morgan fingerprint density at radius 2 is 1.68 bits per heavy atom. The highest BCUT2D eigenvalue weighted by Gasteiger charge is 2.31. The van der Waals surface area contributed by atoms with Gasteiger partial charge in [0.05, 0.1) is 11.9 Å². The summed E-state index contributed by atoms with van der Waals surface area (Å²) in [5, 5.41) is 5.21. The van der Waals surface area contributed by atoms with Gasteiger partial charge in [0, 0.05) is 38.9 Å². The molecule has 4 rings (SSSR count). The van der Waals surface area contributed by atoms with E-state index in [0.29, 0.717) is 28.8 Å². The smallest absolute Gasteiger partial charge is 0.303 e. The number of fused-ring (bicyclic) bond motifs is 1. The molecule has 202 valence electrons. The van der Waals surface area contributed by atoms with E-state index in [0.717, 1.165) is 15.2 Å². The zero-order chi connectivity index (χ0) is 27.6. The van der Waals surface area contributed by atoms with E-state index >= 15 is 0 Å². The molecule has 38 heavy (non-hydrogen) atoms. The third-order valence-corrected chi connectivity index (χ3v) is 7.99. The lowest BCUT2D eigenvalue weighted by molar-refractivity contribution is 0.362. The first kappa shape index (κ1) is 27.2. The summed E-state index contributed by atoms with van der Waals surface area (Å²) in [5.74, 6) is -0.490. The van der Waals surface area contributed by atoms with Crippen molar-refractivity contribution in [3.63, 3.8) is 0 Å². The van der Waals surface area contributed by atoms with Gasteiger partial charge in [-0.25, -0.2) is 28.3 Å². The van der Waals surface area contributed by atoms with Gasteiger partial charge in [-0.3, -0.25) is 0 Å². The second-order valence-electron chi connectivity index (χ2n) is 8.90. The molecular weight excluding hydrogens is 511 g/mol. The standard InChI is InChI=1S/C24H31FN10O2S/c1-5-33(4)13-14-35(38(36,37)32(2)3)20-21(26)29-23(30-22(20)27)19-17-10-8-12-28-24(17)34(31-19)15-16-9-6-7-11-18(16)25/h6-12H,5,13-15H2,1-4H3,(H4,26,27,29,30). The zero-order valence-electron chi connectivity index (χ0n) is 21.7. The molecule has 0 unspecified atom stereocenters. The van der Waals surface area contributed by atoms with Crippen molar-refractivity contribution in [1.82, 2.24) is 33.9 Å². The normalized spacial score (nSPS) is 12.1. The highest BCUT2D eigenvalue weighted by Crippen LogP contribution is 2.34. The summed E-state index contributed by atoms with van der Waals surface area (Å²) in [6, 6.07) is 9.93. The molecule has 0 aliphatic heterocycles. The van der Waals surface area contributed by atoms with Crippen molar-refractivity contribution in [3.05, 3.63) is 54.0 Å². The first-order chi connectivity index (χ1) is 18.0. The Bertz CT molecular complexity index is 1530. The number of nitrogens with two attached hydrogens (primary N) is 2. The van der Waals surface area contributed by atoms with Crippen molar-refractivity contribution < 1.29 is 12.8 Å². The van der Waals surface area contributed by atoms with E-state index in [9.17, 15) is 12.8 Å². The van der Waals surface area contributed by atoms with Crippen LogP contribution in [0.4, 0.5) is 21.7 Å². The number of pyridine rings is 1. The minimum atomic E-state index is -3.95. The summed E-state index contributed by atoms with van der Waals surface area (Å²) in [5.41, 5.74) is 13.9. The maximum absolute atomic E-state index is 14.3.